The van der Waals surface area contributed by atoms with E-state index < -0.39 is 11.9 Å². The number of rotatable bonds is 10. The van der Waals surface area contributed by atoms with E-state index in [9.17, 15) is 4.79 Å². The zero-order valence-electron chi connectivity index (χ0n) is 16.6. The van der Waals surface area contributed by atoms with Gasteiger partial charge < -0.3 is 15.1 Å². The molecule has 2 rings (SSSR count). The molecular weight excluding hydrogens is 338 g/mol. The lowest BCUT2D eigenvalue weighted by molar-refractivity contribution is -0.138. The molecule has 0 radical (unpaired) electrons. The van der Waals surface area contributed by atoms with Gasteiger partial charge in [0, 0.05) is 13.2 Å². The largest absolute Gasteiger partial charge is 0.481 e. The molecule has 4 nitrogen and oxygen atoms in total. The van der Waals surface area contributed by atoms with E-state index in [2.05, 4.69) is 42.2 Å². The van der Waals surface area contributed by atoms with Gasteiger partial charge in [-0.25, -0.2) is 0 Å². The first kappa shape index (κ1) is 22.9. The lowest BCUT2D eigenvalue weighted by Gasteiger charge is -2.20. The molecule has 4 heteroatoms. The van der Waals surface area contributed by atoms with Gasteiger partial charge in [-0.3, -0.25) is 4.79 Å². The Bertz CT molecular complexity index is 616. The van der Waals surface area contributed by atoms with Gasteiger partial charge in [0.2, 0.25) is 0 Å². The van der Waals surface area contributed by atoms with Crippen LogP contribution in [0.3, 0.4) is 0 Å². The first-order valence-electron chi connectivity index (χ1n) is 9.73. The number of nitrogens with zero attached hydrogens (tertiary/aromatic N) is 1. The number of likely N-dealkylation sites (N-methyl/N-ethyl adjacent to an activating group) is 1. The van der Waals surface area contributed by atoms with Crippen LogP contribution in [-0.2, 0) is 11.2 Å². The van der Waals surface area contributed by atoms with E-state index in [-0.39, 0.29) is 0 Å². The van der Waals surface area contributed by atoms with Crippen LogP contribution in [0, 0.1) is 0 Å². The van der Waals surface area contributed by atoms with Crippen LogP contribution in [0.15, 0.2) is 60.7 Å². The second kappa shape index (κ2) is 14.0. The number of hydrogen-bond donors (Lipinski definition) is 2. The SMILES string of the molecule is CC(C(=O)O)c1ccccc1.CCN(CCCCO)CCc1ccccc1. The number of unbranched alkanes of at least 4 members (excludes halogenated alkanes) is 1. The zero-order chi connectivity index (χ0) is 19.9. The highest BCUT2D eigenvalue weighted by Gasteiger charge is 2.11. The summed E-state index contributed by atoms with van der Waals surface area (Å²) in [5, 5.41) is 17.4. The summed E-state index contributed by atoms with van der Waals surface area (Å²) in [5.41, 5.74) is 2.25. The highest BCUT2D eigenvalue weighted by atomic mass is 16.4. The highest BCUT2D eigenvalue weighted by Crippen LogP contribution is 2.13. The van der Waals surface area contributed by atoms with Gasteiger partial charge in [0.25, 0.3) is 0 Å². The number of hydrogen-bond acceptors (Lipinski definition) is 3. The topological polar surface area (TPSA) is 60.8 Å². The van der Waals surface area contributed by atoms with E-state index in [1.54, 1.807) is 6.92 Å². The Morgan fingerprint density at radius 2 is 1.56 bits per heavy atom. The average Bonchev–Trinajstić information content (AvgIpc) is 2.72. The van der Waals surface area contributed by atoms with Gasteiger partial charge in [-0.2, -0.15) is 0 Å². The van der Waals surface area contributed by atoms with Crippen LogP contribution in [0.5, 0.6) is 0 Å². The maximum absolute atomic E-state index is 10.5. The quantitative estimate of drug-likeness (QED) is 0.615. The predicted octanol–water partition coefficient (Wildman–Crippen LogP) is 4.20. The molecule has 148 valence electrons. The molecule has 2 N–H and O–H groups in total. The standard InChI is InChI=1S/C14H23NO.C9H10O2/c1-2-15(11-6-7-13-16)12-10-14-8-4-3-5-9-14;1-7(9(10)11)8-5-3-2-4-6-8/h3-5,8-9,16H,2,6-7,10-13H2,1H3;2-7H,1H3,(H,10,11). The van der Waals surface area contributed by atoms with Crippen molar-refractivity contribution in [1.29, 1.82) is 0 Å². The van der Waals surface area contributed by atoms with Crippen LogP contribution >= 0.6 is 0 Å². The molecule has 27 heavy (non-hydrogen) atoms. The molecule has 0 aliphatic rings. The molecule has 0 saturated carbocycles. The third kappa shape index (κ3) is 9.92. The number of aliphatic hydroxyl groups excluding tert-OH is 1. The smallest absolute Gasteiger partial charge is 0.310 e. The van der Waals surface area contributed by atoms with Crippen molar-refractivity contribution in [2.75, 3.05) is 26.2 Å². The summed E-state index contributed by atoms with van der Waals surface area (Å²) in [6, 6.07) is 19.8. The Labute approximate surface area is 163 Å². The predicted molar refractivity (Wildman–Crippen MR) is 111 cm³/mol. The summed E-state index contributed by atoms with van der Waals surface area (Å²) in [7, 11) is 0. The molecule has 0 amide bonds. The molecule has 0 aliphatic heterocycles. The van der Waals surface area contributed by atoms with Crippen LogP contribution in [0.25, 0.3) is 0 Å². The molecule has 0 saturated heterocycles. The van der Waals surface area contributed by atoms with Crippen LogP contribution in [0.1, 0.15) is 43.7 Å². The Morgan fingerprint density at radius 1 is 0.963 bits per heavy atom. The van der Waals surface area contributed by atoms with Crippen molar-refractivity contribution in [3.63, 3.8) is 0 Å². The number of carbonyl (C=O) groups is 1. The fourth-order valence-corrected chi connectivity index (χ4v) is 2.69. The van der Waals surface area contributed by atoms with Crippen LogP contribution < -0.4 is 0 Å². The molecule has 2 aromatic rings. The summed E-state index contributed by atoms with van der Waals surface area (Å²) < 4.78 is 0. The minimum Gasteiger partial charge on any atom is -0.481 e. The molecule has 0 bridgehead atoms. The van der Waals surface area contributed by atoms with Crippen LogP contribution in [0.4, 0.5) is 0 Å². The summed E-state index contributed by atoms with van der Waals surface area (Å²) in [5.74, 6) is -1.19. The van der Waals surface area contributed by atoms with E-state index in [0.29, 0.717) is 6.61 Å². The average molecular weight is 372 g/mol. The Hall–Kier alpha value is -2.17. The molecule has 0 aromatic heterocycles. The van der Waals surface area contributed by atoms with Gasteiger partial charge in [-0.1, -0.05) is 67.6 Å². The van der Waals surface area contributed by atoms with Gasteiger partial charge in [0.15, 0.2) is 0 Å². The lowest BCUT2D eigenvalue weighted by atomic mass is 10.0. The van der Waals surface area contributed by atoms with Crippen LogP contribution in [0.2, 0.25) is 0 Å². The van der Waals surface area contributed by atoms with Crippen molar-refractivity contribution >= 4 is 5.97 Å². The van der Waals surface area contributed by atoms with E-state index in [0.717, 1.165) is 44.5 Å². The maximum atomic E-state index is 10.5. The maximum Gasteiger partial charge on any atom is 0.310 e. The lowest BCUT2D eigenvalue weighted by Crippen LogP contribution is -2.27. The van der Waals surface area contributed by atoms with Crippen molar-refractivity contribution in [2.24, 2.45) is 0 Å². The summed E-state index contributed by atoms with van der Waals surface area (Å²) in [6.07, 6.45) is 3.13. The van der Waals surface area contributed by atoms with Crippen molar-refractivity contribution in [2.45, 2.75) is 39.0 Å². The molecule has 0 heterocycles. The van der Waals surface area contributed by atoms with Gasteiger partial charge >= 0.3 is 5.97 Å². The van der Waals surface area contributed by atoms with Gasteiger partial charge in [0.05, 0.1) is 5.92 Å². The Morgan fingerprint density at radius 3 is 2.07 bits per heavy atom. The fraction of sp³-hybridized carbons (Fsp3) is 0.435. The monoisotopic (exact) mass is 371 g/mol. The van der Waals surface area contributed by atoms with E-state index in [4.69, 9.17) is 10.2 Å². The summed E-state index contributed by atoms with van der Waals surface area (Å²) >= 11 is 0. The Balaban J connectivity index is 0.000000289. The van der Waals surface area contributed by atoms with Gasteiger partial charge in [-0.15, -0.1) is 0 Å². The normalized spacial score (nSPS) is 11.6. The number of carboxylic acid groups (broad SMARTS) is 1. The van der Waals surface area contributed by atoms with Crippen molar-refractivity contribution in [3.05, 3.63) is 71.8 Å². The molecule has 0 fully saturated rings. The first-order chi connectivity index (χ1) is 13.1. The molecular formula is C23H33NO3. The van der Waals surface area contributed by atoms with Crippen molar-refractivity contribution < 1.29 is 15.0 Å². The molecule has 0 aliphatic carbocycles. The molecule has 1 atom stereocenters. The zero-order valence-corrected chi connectivity index (χ0v) is 16.6. The molecule has 2 aromatic carbocycles. The molecule has 0 spiro atoms. The van der Waals surface area contributed by atoms with Crippen molar-refractivity contribution in [3.8, 4) is 0 Å². The van der Waals surface area contributed by atoms with Crippen molar-refractivity contribution in [1.82, 2.24) is 4.90 Å². The highest BCUT2D eigenvalue weighted by molar-refractivity contribution is 5.75. The molecule has 1 unspecified atom stereocenters. The second-order valence-corrected chi connectivity index (χ2v) is 6.57. The first-order valence-corrected chi connectivity index (χ1v) is 9.73. The fourth-order valence-electron chi connectivity index (χ4n) is 2.69. The third-order valence-corrected chi connectivity index (χ3v) is 4.56. The number of aliphatic carboxylic acids is 1. The summed E-state index contributed by atoms with van der Waals surface area (Å²) in [4.78, 5) is 12.9. The van der Waals surface area contributed by atoms with E-state index >= 15 is 0 Å². The van der Waals surface area contributed by atoms with Gasteiger partial charge in [0.1, 0.15) is 0 Å². The summed E-state index contributed by atoms with van der Waals surface area (Å²) in [6.45, 7) is 7.51. The van der Waals surface area contributed by atoms with Gasteiger partial charge in [-0.05, 0) is 50.4 Å². The van der Waals surface area contributed by atoms with Crippen LogP contribution in [-0.4, -0.2) is 47.3 Å². The third-order valence-electron chi connectivity index (χ3n) is 4.56. The minimum absolute atomic E-state index is 0.316. The number of carboxylic acids is 1. The van der Waals surface area contributed by atoms with E-state index in [1.165, 1.54) is 5.56 Å². The second-order valence-electron chi connectivity index (χ2n) is 6.57. The van der Waals surface area contributed by atoms with E-state index in [1.807, 2.05) is 30.3 Å². The number of aliphatic hydroxyl groups is 1. The Kier molecular flexibility index (Phi) is 11.8. The minimum atomic E-state index is -0.781. The number of benzene rings is 2.